The number of nitrogens with zero attached hydrogens (tertiary/aromatic N) is 1. The third-order valence-electron chi connectivity index (χ3n) is 3.37. The van der Waals surface area contributed by atoms with E-state index in [0.29, 0.717) is 13.2 Å². The van der Waals surface area contributed by atoms with Crippen molar-refractivity contribution in [3.8, 4) is 0 Å². The third kappa shape index (κ3) is 4.33. The first-order valence-corrected chi connectivity index (χ1v) is 7.00. The van der Waals surface area contributed by atoms with Crippen LogP contribution < -0.4 is 10.6 Å². The van der Waals surface area contributed by atoms with E-state index in [2.05, 4.69) is 15.5 Å². The minimum Gasteiger partial charge on any atom is -0.467 e. The summed E-state index contributed by atoms with van der Waals surface area (Å²) in [6.45, 7) is 5.37. The molecule has 2 atom stereocenters. The molecule has 0 aliphatic carbocycles. The zero-order valence-electron chi connectivity index (χ0n) is 12.1. The van der Waals surface area contributed by atoms with Crippen molar-refractivity contribution in [2.24, 2.45) is 0 Å². The van der Waals surface area contributed by atoms with Crippen LogP contribution in [0.4, 0.5) is 0 Å². The maximum Gasteiger partial charge on any atom is 0.234 e. The van der Waals surface area contributed by atoms with Crippen molar-refractivity contribution in [3.05, 3.63) is 24.2 Å². The standard InChI is InChI=1S/C14H23N3O3/c1-11(13-4-3-6-20-13)16-14(18)10-17-5-7-19-12(9-17)8-15-2/h3-4,6,11-12,15H,5,7-10H2,1-2H3,(H,16,18). The molecule has 6 nitrogen and oxygen atoms in total. The molecule has 2 unspecified atom stereocenters. The van der Waals surface area contributed by atoms with E-state index in [0.717, 1.165) is 25.4 Å². The predicted molar refractivity (Wildman–Crippen MR) is 75.4 cm³/mol. The van der Waals surface area contributed by atoms with Crippen LogP contribution in [-0.4, -0.2) is 56.7 Å². The fourth-order valence-electron chi connectivity index (χ4n) is 2.37. The topological polar surface area (TPSA) is 66.7 Å². The van der Waals surface area contributed by atoms with Gasteiger partial charge in [0.25, 0.3) is 0 Å². The van der Waals surface area contributed by atoms with Crippen LogP contribution in [0, 0.1) is 0 Å². The average Bonchev–Trinajstić information content (AvgIpc) is 2.93. The van der Waals surface area contributed by atoms with Crippen molar-refractivity contribution in [1.82, 2.24) is 15.5 Å². The molecule has 1 aliphatic rings. The summed E-state index contributed by atoms with van der Waals surface area (Å²) in [7, 11) is 1.90. The lowest BCUT2D eigenvalue weighted by Gasteiger charge is -2.32. The molecular weight excluding hydrogens is 258 g/mol. The molecule has 112 valence electrons. The zero-order chi connectivity index (χ0) is 14.4. The highest BCUT2D eigenvalue weighted by Crippen LogP contribution is 2.12. The fourth-order valence-corrected chi connectivity index (χ4v) is 2.37. The van der Waals surface area contributed by atoms with Crippen LogP contribution in [0.2, 0.25) is 0 Å². The molecule has 0 saturated carbocycles. The molecule has 2 heterocycles. The van der Waals surface area contributed by atoms with Crippen molar-refractivity contribution in [2.75, 3.05) is 39.8 Å². The molecule has 1 fully saturated rings. The highest BCUT2D eigenvalue weighted by molar-refractivity contribution is 5.78. The Bertz CT molecular complexity index is 406. The molecular formula is C14H23N3O3. The van der Waals surface area contributed by atoms with E-state index in [4.69, 9.17) is 9.15 Å². The molecule has 1 saturated heterocycles. The Kier molecular flexibility index (Phi) is 5.58. The first-order chi connectivity index (χ1) is 9.69. The number of amides is 1. The predicted octanol–water partition coefficient (Wildman–Crippen LogP) is 0.377. The van der Waals surface area contributed by atoms with Crippen LogP contribution in [0.3, 0.4) is 0 Å². The van der Waals surface area contributed by atoms with Crippen LogP contribution in [0.15, 0.2) is 22.8 Å². The molecule has 1 aliphatic heterocycles. The van der Waals surface area contributed by atoms with Crippen molar-refractivity contribution in [2.45, 2.75) is 19.1 Å². The molecule has 1 aromatic heterocycles. The zero-order valence-corrected chi connectivity index (χ0v) is 12.1. The Labute approximate surface area is 119 Å². The Morgan fingerprint density at radius 1 is 1.60 bits per heavy atom. The van der Waals surface area contributed by atoms with Gasteiger partial charge in [-0.05, 0) is 26.1 Å². The normalized spacial score (nSPS) is 21.6. The average molecular weight is 281 g/mol. The molecule has 1 aromatic rings. The van der Waals surface area contributed by atoms with Gasteiger partial charge in [0.15, 0.2) is 0 Å². The van der Waals surface area contributed by atoms with Crippen LogP contribution >= 0.6 is 0 Å². The summed E-state index contributed by atoms with van der Waals surface area (Å²) in [5.41, 5.74) is 0. The van der Waals surface area contributed by atoms with Gasteiger partial charge >= 0.3 is 0 Å². The van der Waals surface area contributed by atoms with Crippen molar-refractivity contribution in [1.29, 1.82) is 0 Å². The summed E-state index contributed by atoms with van der Waals surface area (Å²) in [6, 6.07) is 3.58. The van der Waals surface area contributed by atoms with E-state index >= 15 is 0 Å². The lowest BCUT2D eigenvalue weighted by Crippen LogP contribution is -2.49. The molecule has 6 heteroatoms. The van der Waals surface area contributed by atoms with Gasteiger partial charge in [0, 0.05) is 19.6 Å². The van der Waals surface area contributed by atoms with Gasteiger partial charge in [-0.2, -0.15) is 0 Å². The number of morpholine rings is 1. The van der Waals surface area contributed by atoms with Crippen LogP contribution in [-0.2, 0) is 9.53 Å². The number of hydrogen-bond acceptors (Lipinski definition) is 5. The highest BCUT2D eigenvalue weighted by Gasteiger charge is 2.22. The second-order valence-corrected chi connectivity index (χ2v) is 5.09. The maximum absolute atomic E-state index is 12.0. The SMILES string of the molecule is CNCC1CN(CC(=O)NC(C)c2ccco2)CCO1. The summed E-state index contributed by atoms with van der Waals surface area (Å²) in [5.74, 6) is 0.785. The van der Waals surface area contributed by atoms with E-state index in [1.807, 2.05) is 26.1 Å². The summed E-state index contributed by atoms with van der Waals surface area (Å²) >= 11 is 0. The van der Waals surface area contributed by atoms with Gasteiger partial charge in [0.1, 0.15) is 5.76 Å². The largest absolute Gasteiger partial charge is 0.467 e. The molecule has 0 aromatic carbocycles. The first kappa shape index (κ1) is 15.0. The van der Waals surface area contributed by atoms with Crippen LogP contribution in [0.5, 0.6) is 0 Å². The van der Waals surface area contributed by atoms with Gasteiger partial charge in [-0.25, -0.2) is 0 Å². The first-order valence-electron chi connectivity index (χ1n) is 7.00. The molecule has 1 amide bonds. The minimum atomic E-state index is -0.105. The molecule has 0 radical (unpaired) electrons. The Morgan fingerprint density at radius 2 is 2.45 bits per heavy atom. The number of hydrogen-bond donors (Lipinski definition) is 2. The van der Waals surface area contributed by atoms with Gasteiger partial charge in [-0.3, -0.25) is 9.69 Å². The number of carbonyl (C=O) groups is 1. The highest BCUT2D eigenvalue weighted by atomic mass is 16.5. The number of nitrogens with one attached hydrogen (secondary N) is 2. The van der Waals surface area contributed by atoms with Gasteiger partial charge in [0.2, 0.25) is 5.91 Å². The fraction of sp³-hybridized carbons (Fsp3) is 0.643. The molecule has 0 spiro atoms. The number of ether oxygens (including phenoxy) is 1. The van der Waals surface area contributed by atoms with Gasteiger partial charge in [-0.15, -0.1) is 0 Å². The smallest absolute Gasteiger partial charge is 0.234 e. The third-order valence-corrected chi connectivity index (χ3v) is 3.37. The molecule has 20 heavy (non-hydrogen) atoms. The van der Waals surface area contributed by atoms with Crippen molar-refractivity contribution in [3.63, 3.8) is 0 Å². The summed E-state index contributed by atoms with van der Waals surface area (Å²) in [6.07, 6.45) is 1.77. The van der Waals surface area contributed by atoms with Gasteiger partial charge in [0.05, 0.1) is 31.6 Å². The van der Waals surface area contributed by atoms with Crippen molar-refractivity contribution < 1.29 is 13.9 Å². The molecule has 0 bridgehead atoms. The van der Waals surface area contributed by atoms with E-state index in [9.17, 15) is 4.79 Å². The minimum absolute atomic E-state index is 0.0130. The quantitative estimate of drug-likeness (QED) is 0.789. The second-order valence-electron chi connectivity index (χ2n) is 5.09. The van der Waals surface area contributed by atoms with E-state index in [1.165, 1.54) is 0 Å². The Morgan fingerprint density at radius 3 is 3.15 bits per heavy atom. The van der Waals surface area contributed by atoms with Gasteiger partial charge < -0.3 is 19.8 Å². The number of carbonyl (C=O) groups excluding carboxylic acids is 1. The van der Waals surface area contributed by atoms with Gasteiger partial charge in [-0.1, -0.05) is 0 Å². The summed E-state index contributed by atoms with van der Waals surface area (Å²) in [4.78, 5) is 14.2. The second kappa shape index (κ2) is 7.42. The number of likely N-dealkylation sites (N-methyl/N-ethyl adjacent to an activating group) is 1. The number of rotatable bonds is 6. The summed E-state index contributed by atoms with van der Waals surface area (Å²) in [5, 5.41) is 6.04. The van der Waals surface area contributed by atoms with Crippen LogP contribution in [0.25, 0.3) is 0 Å². The van der Waals surface area contributed by atoms with E-state index in [1.54, 1.807) is 6.26 Å². The summed E-state index contributed by atoms with van der Waals surface area (Å²) < 4.78 is 10.9. The Balaban J connectivity index is 1.76. The maximum atomic E-state index is 12.0. The Hall–Kier alpha value is -1.37. The van der Waals surface area contributed by atoms with E-state index < -0.39 is 0 Å². The molecule has 2 N–H and O–H groups in total. The van der Waals surface area contributed by atoms with E-state index in [-0.39, 0.29) is 18.1 Å². The molecule has 2 rings (SSSR count). The lowest BCUT2D eigenvalue weighted by molar-refractivity contribution is -0.125. The monoisotopic (exact) mass is 281 g/mol. The lowest BCUT2D eigenvalue weighted by atomic mass is 10.2. The van der Waals surface area contributed by atoms with Crippen LogP contribution in [0.1, 0.15) is 18.7 Å². The van der Waals surface area contributed by atoms with Crippen molar-refractivity contribution >= 4 is 5.91 Å². The number of furan rings is 1.